The van der Waals surface area contributed by atoms with Crippen molar-refractivity contribution in [2.75, 3.05) is 0 Å². The quantitative estimate of drug-likeness (QED) is 0.657. The van der Waals surface area contributed by atoms with Crippen LogP contribution in [0.1, 0.15) is 11.1 Å². The number of rotatable bonds is 5. The number of nitrogens with one attached hydrogen (secondary N) is 1. The Hall–Kier alpha value is -1.30. The average molecular weight is 324 g/mol. The Balaban J connectivity index is 2.09. The molecule has 0 bridgehead atoms. The predicted octanol–water partition coefficient (Wildman–Crippen LogP) is 2.60. The Kier molecular flexibility index (Phi) is 5.01. The van der Waals surface area contributed by atoms with Crippen molar-refractivity contribution in [2.24, 2.45) is 5.84 Å². The van der Waals surface area contributed by atoms with Crippen LogP contribution in [0.15, 0.2) is 47.2 Å². The molecule has 3 nitrogen and oxygen atoms in total. The summed E-state index contributed by atoms with van der Waals surface area (Å²) in [4.78, 5) is 3.98. The Labute approximate surface area is 120 Å². The van der Waals surface area contributed by atoms with Gasteiger partial charge in [-0.1, -0.05) is 12.1 Å². The summed E-state index contributed by atoms with van der Waals surface area (Å²) in [5, 5.41) is 0. The highest BCUT2D eigenvalue weighted by molar-refractivity contribution is 9.10. The molecule has 0 aliphatic carbocycles. The van der Waals surface area contributed by atoms with Crippen LogP contribution in [0.3, 0.4) is 0 Å². The molecule has 0 saturated carbocycles. The summed E-state index contributed by atoms with van der Waals surface area (Å²) in [5.41, 5.74) is 4.83. The molecule has 1 atom stereocenters. The lowest BCUT2D eigenvalue weighted by Gasteiger charge is -2.17. The largest absolute Gasteiger partial charge is 0.271 e. The minimum Gasteiger partial charge on any atom is -0.271 e. The molecule has 0 fully saturated rings. The minimum atomic E-state index is -0.253. The summed E-state index contributed by atoms with van der Waals surface area (Å²) in [5.74, 6) is 5.33. The molecule has 0 radical (unpaired) electrons. The molecule has 0 aliphatic heterocycles. The number of hydrazine groups is 1. The molecule has 0 aliphatic rings. The standard InChI is InChI=1S/C14H15BrFN3/c15-14-11(2-1-3-13(14)16)9-12(19-17)8-10-4-6-18-7-5-10/h1-7,12,19H,8-9,17H2. The highest BCUT2D eigenvalue weighted by Gasteiger charge is 2.12. The Bertz CT molecular complexity index is 533. The zero-order chi connectivity index (χ0) is 13.7. The van der Waals surface area contributed by atoms with E-state index in [1.807, 2.05) is 18.2 Å². The molecular weight excluding hydrogens is 309 g/mol. The molecule has 1 aromatic heterocycles. The van der Waals surface area contributed by atoms with Crippen molar-refractivity contribution in [3.63, 3.8) is 0 Å². The van der Waals surface area contributed by atoms with Gasteiger partial charge in [0.15, 0.2) is 0 Å². The second-order valence-corrected chi connectivity index (χ2v) is 5.13. The van der Waals surface area contributed by atoms with Crippen LogP contribution in [0, 0.1) is 5.82 Å². The van der Waals surface area contributed by atoms with Gasteiger partial charge in [0.2, 0.25) is 0 Å². The van der Waals surface area contributed by atoms with Gasteiger partial charge in [0.1, 0.15) is 5.82 Å². The number of benzene rings is 1. The molecule has 1 aromatic carbocycles. The van der Waals surface area contributed by atoms with Gasteiger partial charge < -0.3 is 0 Å². The Morgan fingerprint density at radius 2 is 1.95 bits per heavy atom. The van der Waals surface area contributed by atoms with Gasteiger partial charge >= 0.3 is 0 Å². The molecule has 19 heavy (non-hydrogen) atoms. The Morgan fingerprint density at radius 3 is 2.63 bits per heavy atom. The molecule has 0 amide bonds. The van der Waals surface area contributed by atoms with Crippen molar-refractivity contribution in [1.82, 2.24) is 10.4 Å². The van der Waals surface area contributed by atoms with E-state index in [1.165, 1.54) is 6.07 Å². The number of halogens is 2. The average Bonchev–Trinajstić information content (AvgIpc) is 2.44. The van der Waals surface area contributed by atoms with E-state index in [0.717, 1.165) is 17.5 Å². The van der Waals surface area contributed by atoms with Crippen molar-refractivity contribution in [1.29, 1.82) is 0 Å². The number of pyridine rings is 1. The highest BCUT2D eigenvalue weighted by atomic mass is 79.9. The summed E-state index contributed by atoms with van der Waals surface area (Å²) >= 11 is 3.27. The van der Waals surface area contributed by atoms with Gasteiger partial charge in [-0.2, -0.15) is 0 Å². The third kappa shape index (κ3) is 3.83. The molecule has 3 N–H and O–H groups in total. The fraction of sp³-hybridized carbons (Fsp3) is 0.214. The summed E-state index contributed by atoms with van der Waals surface area (Å²) in [6.45, 7) is 0. The van der Waals surface area contributed by atoms with Crippen LogP contribution in [0.2, 0.25) is 0 Å². The van der Waals surface area contributed by atoms with E-state index in [2.05, 4.69) is 26.3 Å². The molecular formula is C14H15BrFN3. The molecule has 2 rings (SSSR count). The highest BCUT2D eigenvalue weighted by Crippen LogP contribution is 2.22. The van der Waals surface area contributed by atoms with Gasteiger partial charge in [-0.15, -0.1) is 0 Å². The van der Waals surface area contributed by atoms with Crippen molar-refractivity contribution in [3.05, 3.63) is 64.1 Å². The second-order valence-electron chi connectivity index (χ2n) is 4.34. The van der Waals surface area contributed by atoms with E-state index in [4.69, 9.17) is 5.84 Å². The van der Waals surface area contributed by atoms with Crippen molar-refractivity contribution in [2.45, 2.75) is 18.9 Å². The van der Waals surface area contributed by atoms with Crippen LogP contribution in [-0.4, -0.2) is 11.0 Å². The third-order valence-electron chi connectivity index (χ3n) is 2.97. The van der Waals surface area contributed by atoms with Crippen LogP contribution in [-0.2, 0) is 12.8 Å². The summed E-state index contributed by atoms with van der Waals surface area (Å²) in [7, 11) is 0. The fourth-order valence-corrected chi connectivity index (χ4v) is 2.39. The van der Waals surface area contributed by atoms with Gasteiger partial charge in [0.05, 0.1) is 4.47 Å². The maximum atomic E-state index is 13.5. The van der Waals surface area contributed by atoms with E-state index in [-0.39, 0.29) is 11.9 Å². The fourth-order valence-electron chi connectivity index (χ4n) is 1.96. The minimum absolute atomic E-state index is 0.0421. The van der Waals surface area contributed by atoms with Crippen LogP contribution in [0.25, 0.3) is 0 Å². The molecule has 5 heteroatoms. The zero-order valence-electron chi connectivity index (χ0n) is 10.3. The molecule has 1 unspecified atom stereocenters. The predicted molar refractivity (Wildman–Crippen MR) is 76.9 cm³/mol. The first-order valence-corrected chi connectivity index (χ1v) is 6.78. The number of nitrogens with zero attached hydrogens (tertiary/aromatic N) is 1. The van der Waals surface area contributed by atoms with Crippen LogP contribution < -0.4 is 11.3 Å². The lowest BCUT2D eigenvalue weighted by molar-refractivity contribution is 0.519. The van der Waals surface area contributed by atoms with E-state index in [0.29, 0.717) is 10.9 Å². The van der Waals surface area contributed by atoms with E-state index >= 15 is 0 Å². The van der Waals surface area contributed by atoms with Crippen LogP contribution in [0.5, 0.6) is 0 Å². The summed E-state index contributed by atoms with van der Waals surface area (Å²) in [6, 6.07) is 8.97. The zero-order valence-corrected chi connectivity index (χ0v) is 11.9. The smallest absolute Gasteiger partial charge is 0.137 e. The normalized spacial score (nSPS) is 12.4. The van der Waals surface area contributed by atoms with E-state index in [1.54, 1.807) is 18.5 Å². The molecule has 2 aromatic rings. The lowest BCUT2D eigenvalue weighted by Crippen LogP contribution is -2.38. The van der Waals surface area contributed by atoms with Gasteiger partial charge in [-0.05, 0) is 58.1 Å². The van der Waals surface area contributed by atoms with Crippen LogP contribution >= 0.6 is 15.9 Å². The van der Waals surface area contributed by atoms with Crippen molar-refractivity contribution in [3.8, 4) is 0 Å². The van der Waals surface area contributed by atoms with Gasteiger partial charge in [-0.3, -0.25) is 16.3 Å². The summed E-state index contributed by atoms with van der Waals surface area (Å²) in [6.07, 6.45) is 4.92. The number of nitrogens with two attached hydrogens (primary N) is 1. The number of hydrogen-bond donors (Lipinski definition) is 2. The third-order valence-corrected chi connectivity index (χ3v) is 3.85. The Morgan fingerprint density at radius 1 is 1.21 bits per heavy atom. The van der Waals surface area contributed by atoms with Crippen molar-refractivity contribution >= 4 is 15.9 Å². The maximum absolute atomic E-state index is 13.5. The first kappa shape index (κ1) is 14.1. The first-order chi connectivity index (χ1) is 9.20. The SMILES string of the molecule is NNC(Cc1ccncc1)Cc1cccc(F)c1Br. The second kappa shape index (κ2) is 6.75. The summed E-state index contributed by atoms with van der Waals surface area (Å²) < 4.78 is 14.0. The molecule has 1 heterocycles. The monoisotopic (exact) mass is 323 g/mol. The van der Waals surface area contributed by atoms with Crippen LogP contribution in [0.4, 0.5) is 4.39 Å². The topological polar surface area (TPSA) is 50.9 Å². The number of aromatic nitrogens is 1. The molecule has 100 valence electrons. The van der Waals surface area contributed by atoms with E-state index in [9.17, 15) is 4.39 Å². The van der Waals surface area contributed by atoms with Gasteiger partial charge in [-0.25, -0.2) is 4.39 Å². The first-order valence-electron chi connectivity index (χ1n) is 5.98. The molecule has 0 spiro atoms. The maximum Gasteiger partial charge on any atom is 0.137 e. The number of hydrogen-bond acceptors (Lipinski definition) is 3. The van der Waals surface area contributed by atoms with Gasteiger partial charge in [0.25, 0.3) is 0 Å². The molecule has 0 saturated heterocycles. The van der Waals surface area contributed by atoms with Gasteiger partial charge in [0, 0.05) is 18.4 Å². The van der Waals surface area contributed by atoms with E-state index < -0.39 is 0 Å². The van der Waals surface area contributed by atoms with Crippen molar-refractivity contribution < 1.29 is 4.39 Å². The lowest BCUT2D eigenvalue weighted by atomic mass is 10.00.